The van der Waals surface area contributed by atoms with Crippen molar-refractivity contribution in [2.24, 2.45) is 0 Å². The first kappa shape index (κ1) is 11.5. The van der Waals surface area contributed by atoms with Gasteiger partial charge in [-0.15, -0.1) is 0 Å². The standard InChI is InChI=1S/C15H19N3/c1-12-4-2-8-16-15(12)11-18-9-3-5-14(18)10-17-13-6-7-13/h2-5,8-9,13,17H,6-7,10-11H2,1H3. The smallest absolute Gasteiger partial charge is 0.0648 e. The van der Waals surface area contributed by atoms with Crippen molar-refractivity contribution in [2.75, 3.05) is 0 Å². The minimum atomic E-state index is 0.755. The number of nitrogens with zero attached hydrogens (tertiary/aromatic N) is 2. The summed E-state index contributed by atoms with van der Waals surface area (Å²) in [7, 11) is 0. The molecule has 0 saturated heterocycles. The molecule has 2 aromatic rings. The molecular formula is C15H19N3. The Morgan fingerprint density at radius 1 is 1.33 bits per heavy atom. The van der Waals surface area contributed by atoms with E-state index in [1.165, 1.54) is 24.1 Å². The molecule has 0 spiro atoms. The van der Waals surface area contributed by atoms with Crippen LogP contribution in [0.15, 0.2) is 36.7 Å². The molecule has 0 atom stereocenters. The van der Waals surface area contributed by atoms with Crippen LogP contribution in [0.4, 0.5) is 0 Å². The number of hydrogen-bond acceptors (Lipinski definition) is 2. The molecule has 0 aromatic carbocycles. The molecule has 1 fully saturated rings. The van der Waals surface area contributed by atoms with Gasteiger partial charge in [0.05, 0.1) is 12.2 Å². The van der Waals surface area contributed by atoms with E-state index in [1.54, 1.807) is 0 Å². The van der Waals surface area contributed by atoms with E-state index >= 15 is 0 Å². The molecule has 1 N–H and O–H groups in total. The van der Waals surface area contributed by atoms with Crippen molar-refractivity contribution < 1.29 is 0 Å². The van der Waals surface area contributed by atoms with Crippen LogP contribution in [-0.2, 0) is 13.1 Å². The van der Waals surface area contributed by atoms with Gasteiger partial charge in [0.1, 0.15) is 0 Å². The second-order valence-corrected chi connectivity index (χ2v) is 5.05. The van der Waals surface area contributed by atoms with E-state index in [1.807, 2.05) is 12.3 Å². The maximum Gasteiger partial charge on any atom is 0.0648 e. The highest BCUT2D eigenvalue weighted by atomic mass is 15.0. The largest absolute Gasteiger partial charge is 0.344 e. The number of pyridine rings is 1. The summed E-state index contributed by atoms with van der Waals surface area (Å²) < 4.78 is 2.28. The molecular weight excluding hydrogens is 222 g/mol. The lowest BCUT2D eigenvalue weighted by atomic mass is 10.2. The topological polar surface area (TPSA) is 29.9 Å². The summed E-state index contributed by atoms with van der Waals surface area (Å²) in [5.41, 5.74) is 3.75. The minimum absolute atomic E-state index is 0.755. The molecule has 3 rings (SSSR count). The molecule has 3 heteroatoms. The van der Waals surface area contributed by atoms with Crippen LogP contribution in [0.3, 0.4) is 0 Å². The number of rotatable bonds is 5. The summed E-state index contributed by atoms with van der Waals surface area (Å²) >= 11 is 0. The van der Waals surface area contributed by atoms with Gasteiger partial charge >= 0.3 is 0 Å². The third-order valence-electron chi connectivity index (χ3n) is 3.51. The number of aryl methyl sites for hydroxylation is 1. The van der Waals surface area contributed by atoms with E-state index in [0.29, 0.717) is 0 Å². The van der Waals surface area contributed by atoms with Gasteiger partial charge in [-0.3, -0.25) is 4.98 Å². The maximum absolute atomic E-state index is 4.46. The molecule has 2 heterocycles. The first-order valence-corrected chi connectivity index (χ1v) is 6.61. The third-order valence-corrected chi connectivity index (χ3v) is 3.51. The summed E-state index contributed by atoms with van der Waals surface area (Å²) in [6, 6.07) is 9.17. The van der Waals surface area contributed by atoms with E-state index < -0.39 is 0 Å². The molecule has 2 aromatic heterocycles. The molecule has 1 aliphatic rings. The Morgan fingerprint density at radius 3 is 3.00 bits per heavy atom. The molecule has 18 heavy (non-hydrogen) atoms. The summed E-state index contributed by atoms with van der Waals surface area (Å²) in [5.74, 6) is 0. The van der Waals surface area contributed by atoms with Crippen LogP contribution in [0.2, 0.25) is 0 Å². The van der Waals surface area contributed by atoms with Crippen LogP contribution < -0.4 is 5.32 Å². The van der Waals surface area contributed by atoms with E-state index in [9.17, 15) is 0 Å². The van der Waals surface area contributed by atoms with Crippen LogP contribution in [0, 0.1) is 6.92 Å². The summed E-state index contributed by atoms with van der Waals surface area (Å²) in [6.07, 6.45) is 6.67. The fourth-order valence-electron chi connectivity index (χ4n) is 2.15. The Hall–Kier alpha value is -1.61. The minimum Gasteiger partial charge on any atom is -0.344 e. The number of nitrogens with one attached hydrogen (secondary N) is 1. The molecule has 0 amide bonds. The van der Waals surface area contributed by atoms with Crippen molar-refractivity contribution in [3.63, 3.8) is 0 Å². The van der Waals surface area contributed by atoms with E-state index in [-0.39, 0.29) is 0 Å². The van der Waals surface area contributed by atoms with Crippen molar-refractivity contribution in [1.29, 1.82) is 0 Å². The van der Waals surface area contributed by atoms with Gasteiger partial charge < -0.3 is 9.88 Å². The Bertz CT molecular complexity index is 526. The first-order valence-electron chi connectivity index (χ1n) is 6.61. The highest BCUT2D eigenvalue weighted by Crippen LogP contribution is 2.19. The number of hydrogen-bond donors (Lipinski definition) is 1. The van der Waals surface area contributed by atoms with Gasteiger partial charge in [-0.2, -0.15) is 0 Å². The lowest BCUT2D eigenvalue weighted by Gasteiger charge is -2.11. The Balaban J connectivity index is 1.71. The predicted octanol–water partition coefficient (Wildman–Crippen LogP) is 2.49. The summed E-state index contributed by atoms with van der Waals surface area (Å²) in [5, 5.41) is 3.56. The lowest BCUT2D eigenvalue weighted by Crippen LogP contribution is -2.18. The highest BCUT2D eigenvalue weighted by molar-refractivity contribution is 5.19. The fraction of sp³-hybridized carbons (Fsp3) is 0.400. The summed E-state index contributed by atoms with van der Waals surface area (Å²) in [6.45, 7) is 3.94. The maximum atomic E-state index is 4.46. The van der Waals surface area contributed by atoms with Gasteiger partial charge in [0.15, 0.2) is 0 Å². The Kier molecular flexibility index (Phi) is 3.15. The molecule has 0 radical (unpaired) electrons. The van der Waals surface area contributed by atoms with Crippen LogP contribution in [0.25, 0.3) is 0 Å². The zero-order valence-electron chi connectivity index (χ0n) is 10.8. The molecule has 3 nitrogen and oxygen atoms in total. The normalized spacial score (nSPS) is 14.9. The van der Waals surface area contributed by atoms with Crippen molar-refractivity contribution in [1.82, 2.24) is 14.9 Å². The third kappa shape index (κ3) is 2.62. The van der Waals surface area contributed by atoms with Crippen molar-refractivity contribution >= 4 is 0 Å². The van der Waals surface area contributed by atoms with Gasteiger partial charge in [0.25, 0.3) is 0 Å². The van der Waals surface area contributed by atoms with Crippen LogP contribution in [-0.4, -0.2) is 15.6 Å². The van der Waals surface area contributed by atoms with Gasteiger partial charge in [0.2, 0.25) is 0 Å². The van der Waals surface area contributed by atoms with Gasteiger partial charge in [-0.25, -0.2) is 0 Å². The fourth-order valence-corrected chi connectivity index (χ4v) is 2.15. The van der Waals surface area contributed by atoms with Gasteiger partial charge in [-0.1, -0.05) is 6.07 Å². The van der Waals surface area contributed by atoms with Crippen LogP contribution in [0.5, 0.6) is 0 Å². The summed E-state index contributed by atoms with van der Waals surface area (Å²) in [4.78, 5) is 4.46. The molecule has 0 aliphatic heterocycles. The second-order valence-electron chi connectivity index (χ2n) is 5.05. The van der Waals surface area contributed by atoms with Crippen molar-refractivity contribution in [3.05, 3.63) is 53.6 Å². The number of aromatic nitrogens is 2. The molecule has 0 unspecified atom stereocenters. The Morgan fingerprint density at radius 2 is 2.22 bits per heavy atom. The predicted molar refractivity (Wildman–Crippen MR) is 72.4 cm³/mol. The average molecular weight is 241 g/mol. The van der Waals surface area contributed by atoms with Gasteiger partial charge in [0, 0.05) is 30.7 Å². The van der Waals surface area contributed by atoms with Gasteiger partial charge in [-0.05, 0) is 43.5 Å². The molecule has 0 bridgehead atoms. The lowest BCUT2D eigenvalue weighted by molar-refractivity contribution is 0.629. The SMILES string of the molecule is Cc1cccnc1Cn1cccc1CNC1CC1. The molecule has 1 saturated carbocycles. The van der Waals surface area contributed by atoms with E-state index in [2.05, 4.69) is 46.2 Å². The zero-order chi connectivity index (χ0) is 12.4. The van der Waals surface area contributed by atoms with E-state index in [0.717, 1.165) is 24.8 Å². The first-order chi connectivity index (χ1) is 8.83. The van der Waals surface area contributed by atoms with Crippen LogP contribution >= 0.6 is 0 Å². The quantitative estimate of drug-likeness (QED) is 0.871. The Labute approximate surface area is 108 Å². The van der Waals surface area contributed by atoms with Crippen LogP contribution in [0.1, 0.15) is 29.8 Å². The highest BCUT2D eigenvalue weighted by Gasteiger charge is 2.20. The van der Waals surface area contributed by atoms with Crippen molar-refractivity contribution in [3.8, 4) is 0 Å². The van der Waals surface area contributed by atoms with Crippen molar-refractivity contribution in [2.45, 2.75) is 38.9 Å². The second kappa shape index (κ2) is 4.94. The zero-order valence-corrected chi connectivity index (χ0v) is 10.8. The molecule has 1 aliphatic carbocycles. The average Bonchev–Trinajstić information content (AvgIpc) is 3.10. The molecule has 94 valence electrons. The van der Waals surface area contributed by atoms with E-state index in [4.69, 9.17) is 0 Å². The monoisotopic (exact) mass is 241 g/mol.